The molecule has 0 aliphatic carbocycles. The molecule has 138 valence electrons. The molecule has 0 bridgehead atoms. The van der Waals surface area contributed by atoms with Crippen molar-refractivity contribution in [3.63, 3.8) is 0 Å². The predicted molar refractivity (Wildman–Crippen MR) is 98.5 cm³/mol. The molecule has 0 saturated heterocycles. The van der Waals surface area contributed by atoms with E-state index in [-0.39, 0.29) is 12.7 Å². The van der Waals surface area contributed by atoms with Crippen LogP contribution in [0.3, 0.4) is 0 Å². The maximum atomic E-state index is 12.1. The number of nitrogens with one attached hydrogen (secondary N) is 1. The van der Waals surface area contributed by atoms with E-state index in [0.717, 1.165) is 35.8 Å². The Bertz CT molecular complexity index is 721. The zero-order valence-electron chi connectivity index (χ0n) is 14.9. The molecule has 1 heterocycles. The summed E-state index contributed by atoms with van der Waals surface area (Å²) < 4.78 is 16.3. The highest BCUT2D eigenvalue weighted by Crippen LogP contribution is 2.32. The Morgan fingerprint density at radius 1 is 1.15 bits per heavy atom. The Kier molecular flexibility index (Phi) is 6.33. The van der Waals surface area contributed by atoms with Crippen molar-refractivity contribution in [2.24, 2.45) is 0 Å². The number of hydrogen-bond acceptors (Lipinski definition) is 5. The summed E-state index contributed by atoms with van der Waals surface area (Å²) in [4.78, 5) is 14.1. The normalized spacial score (nSPS) is 12.2. The van der Waals surface area contributed by atoms with E-state index in [2.05, 4.69) is 5.32 Å². The molecular formula is C20H24N2O4. The van der Waals surface area contributed by atoms with Crippen molar-refractivity contribution in [1.82, 2.24) is 10.2 Å². The fourth-order valence-corrected chi connectivity index (χ4v) is 2.67. The molecule has 0 atom stereocenters. The van der Waals surface area contributed by atoms with E-state index in [1.165, 1.54) is 0 Å². The Hall–Kier alpha value is -2.73. The van der Waals surface area contributed by atoms with Crippen LogP contribution in [0.1, 0.15) is 12.0 Å². The molecule has 2 aromatic rings. The van der Waals surface area contributed by atoms with Gasteiger partial charge in [0.1, 0.15) is 5.75 Å². The minimum absolute atomic E-state index is 0.00542. The summed E-state index contributed by atoms with van der Waals surface area (Å²) >= 11 is 0. The molecule has 1 amide bonds. The molecule has 6 heteroatoms. The molecule has 26 heavy (non-hydrogen) atoms. The van der Waals surface area contributed by atoms with Gasteiger partial charge in [-0.2, -0.15) is 0 Å². The quantitative estimate of drug-likeness (QED) is 0.700. The molecule has 3 rings (SSSR count). The average Bonchev–Trinajstić information content (AvgIpc) is 3.12. The van der Waals surface area contributed by atoms with Crippen LogP contribution in [0.15, 0.2) is 48.5 Å². The lowest BCUT2D eigenvalue weighted by Gasteiger charge is -2.16. The molecule has 1 aliphatic rings. The number of nitrogens with zero attached hydrogens (tertiary/aromatic N) is 1. The lowest BCUT2D eigenvalue weighted by molar-refractivity contribution is -0.122. The number of likely N-dealkylation sites (N-methyl/N-ethyl adjacent to an activating group) is 1. The van der Waals surface area contributed by atoms with Crippen LogP contribution in [-0.4, -0.2) is 44.3 Å². The largest absolute Gasteiger partial charge is 0.494 e. The van der Waals surface area contributed by atoms with Crippen LogP contribution in [0.4, 0.5) is 0 Å². The van der Waals surface area contributed by atoms with Gasteiger partial charge in [0.2, 0.25) is 12.7 Å². The number of carbonyl (C=O) groups excluding carboxylic acids is 1. The zero-order chi connectivity index (χ0) is 18.2. The van der Waals surface area contributed by atoms with E-state index in [9.17, 15) is 4.79 Å². The van der Waals surface area contributed by atoms with E-state index < -0.39 is 0 Å². The number of benzene rings is 2. The van der Waals surface area contributed by atoms with Crippen LogP contribution >= 0.6 is 0 Å². The van der Waals surface area contributed by atoms with Crippen LogP contribution in [0.5, 0.6) is 17.2 Å². The first-order chi connectivity index (χ1) is 12.7. The third-order valence-corrected chi connectivity index (χ3v) is 4.04. The molecule has 0 fully saturated rings. The third kappa shape index (κ3) is 5.39. The minimum Gasteiger partial charge on any atom is -0.494 e. The van der Waals surface area contributed by atoms with Crippen molar-refractivity contribution in [3.8, 4) is 17.2 Å². The molecule has 0 saturated carbocycles. The number of para-hydroxylation sites is 1. The second kappa shape index (κ2) is 9.10. The van der Waals surface area contributed by atoms with Crippen LogP contribution in [0.25, 0.3) is 0 Å². The summed E-state index contributed by atoms with van der Waals surface area (Å²) in [5.74, 6) is 2.34. The number of amides is 1. The first-order valence-electron chi connectivity index (χ1n) is 8.72. The number of fused-ring (bicyclic) bond motifs is 1. The summed E-state index contributed by atoms with van der Waals surface area (Å²) in [6.45, 7) is 2.51. The van der Waals surface area contributed by atoms with Crippen LogP contribution in [-0.2, 0) is 11.3 Å². The Balaban J connectivity index is 1.31. The third-order valence-electron chi connectivity index (χ3n) is 4.04. The number of carbonyl (C=O) groups is 1. The lowest BCUT2D eigenvalue weighted by Crippen LogP contribution is -2.35. The molecule has 0 radical (unpaired) electrons. The van der Waals surface area contributed by atoms with Gasteiger partial charge in [0, 0.05) is 13.1 Å². The van der Waals surface area contributed by atoms with Crippen LogP contribution in [0, 0.1) is 0 Å². The van der Waals surface area contributed by atoms with Crippen molar-refractivity contribution in [2.45, 2.75) is 13.0 Å². The van der Waals surface area contributed by atoms with Crippen LogP contribution < -0.4 is 19.5 Å². The number of hydrogen-bond donors (Lipinski definition) is 1. The molecule has 1 N–H and O–H groups in total. The molecular weight excluding hydrogens is 332 g/mol. The highest BCUT2D eigenvalue weighted by atomic mass is 16.7. The van der Waals surface area contributed by atoms with Crippen molar-refractivity contribution in [1.29, 1.82) is 0 Å². The van der Waals surface area contributed by atoms with Gasteiger partial charge in [0.05, 0.1) is 13.2 Å². The highest BCUT2D eigenvalue weighted by molar-refractivity contribution is 5.78. The van der Waals surface area contributed by atoms with E-state index in [4.69, 9.17) is 14.2 Å². The van der Waals surface area contributed by atoms with Crippen LogP contribution in [0.2, 0.25) is 0 Å². The van der Waals surface area contributed by atoms with Gasteiger partial charge in [-0.15, -0.1) is 0 Å². The van der Waals surface area contributed by atoms with Gasteiger partial charge in [-0.1, -0.05) is 24.3 Å². The summed E-state index contributed by atoms with van der Waals surface area (Å²) in [5, 5.41) is 2.93. The zero-order valence-corrected chi connectivity index (χ0v) is 14.9. The Morgan fingerprint density at radius 2 is 1.96 bits per heavy atom. The van der Waals surface area contributed by atoms with E-state index in [0.29, 0.717) is 19.7 Å². The van der Waals surface area contributed by atoms with Gasteiger partial charge < -0.3 is 19.5 Å². The smallest absolute Gasteiger partial charge is 0.234 e. The van der Waals surface area contributed by atoms with Crippen molar-refractivity contribution in [3.05, 3.63) is 54.1 Å². The van der Waals surface area contributed by atoms with Crippen molar-refractivity contribution in [2.75, 3.05) is 33.5 Å². The Labute approximate surface area is 153 Å². The van der Waals surface area contributed by atoms with Gasteiger partial charge in [-0.3, -0.25) is 9.69 Å². The maximum absolute atomic E-state index is 12.1. The van der Waals surface area contributed by atoms with E-state index in [1.807, 2.05) is 60.5 Å². The second-order valence-electron chi connectivity index (χ2n) is 6.22. The average molecular weight is 356 g/mol. The fraction of sp³-hybridized carbons (Fsp3) is 0.350. The van der Waals surface area contributed by atoms with E-state index in [1.54, 1.807) is 0 Å². The summed E-state index contributed by atoms with van der Waals surface area (Å²) in [7, 11) is 1.93. The predicted octanol–water partition coefficient (Wildman–Crippen LogP) is 2.43. The van der Waals surface area contributed by atoms with Gasteiger partial charge in [-0.25, -0.2) is 0 Å². The summed E-state index contributed by atoms with van der Waals surface area (Å²) in [6, 6.07) is 15.4. The molecule has 0 spiro atoms. The van der Waals surface area contributed by atoms with Gasteiger partial charge >= 0.3 is 0 Å². The molecule has 0 unspecified atom stereocenters. The monoisotopic (exact) mass is 356 g/mol. The topological polar surface area (TPSA) is 60.0 Å². The SMILES string of the molecule is CN(CCCOc1ccccc1)CC(=O)NCc1ccc2c(c1)OCO2. The fourth-order valence-electron chi connectivity index (χ4n) is 2.67. The molecule has 1 aliphatic heterocycles. The Morgan fingerprint density at radius 3 is 2.81 bits per heavy atom. The first-order valence-corrected chi connectivity index (χ1v) is 8.72. The molecule has 0 aromatic heterocycles. The molecule has 6 nitrogen and oxygen atoms in total. The lowest BCUT2D eigenvalue weighted by atomic mass is 10.2. The number of ether oxygens (including phenoxy) is 3. The standard InChI is InChI=1S/C20H24N2O4/c1-22(10-5-11-24-17-6-3-2-4-7-17)14-20(23)21-13-16-8-9-18-19(12-16)26-15-25-18/h2-4,6-9,12H,5,10-11,13-15H2,1H3,(H,21,23). The highest BCUT2D eigenvalue weighted by Gasteiger charge is 2.13. The van der Waals surface area contributed by atoms with Gasteiger partial charge in [-0.05, 0) is 43.3 Å². The van der Waals surface area contributed by atoms with Crippen molar-refractivity contribution >= 4 is 5.91 Å². The summed E-state index contributed by atoms with van der Waals surface area (Å²) in [5.41, 5.74) is 0.988. The maximum Gasteiger partial charge on any atom is 0.234 e. The first kappa shape index (κ1) is 18.1. The van der Waals surface area contributed by atoms with Gasteiger partial charge in [0.25, 0.3) is 0 Å². The molecule has 2 aromatic carbocycles. The minimum atomic E-state index is -0.00542. The van der Waals surface area contributed by atoms with Gasteiger partial charge in [0.15, 0.2) is 11.5 Å². The summed E-state index contributed by atoms with van der Waals surface area (Å²) in [6.07, 6.45) is 0.862. The second-order valence-corrected chi connectivity index (χ2v) is 6.22. The van der Waals surface area contributed by atoms with E-state index >= 15 is 0 Å². The van der Waals surface area contributed by atoms with Crippen molar-refractivity contribution < 1.29 is 19.0 Å². The number of rotatable bonds is 9.